The fraction of sp³-hybridized carbons (Fsp3) is 0.500. The molecule has 18 heavy (non-hydrogen) atoms. The average Bonchev–Trinajstić information content (AvgIpc) is 3.00. The minimum atomic E-state index is 1.14. The van der Waals surface area contributed by atoms with E-state index in [0.717, 1.165) is 6.54 Å². The monoisotopic (exact) mass is 242 g/mol. The Labute approximate surface area is 109 Å². The molecule has 2 aromatic rings. The number of hydrogen-bond donors (Lipinski definition) is 0. The van der Waals surface area contributed by atoms with Gasteiger partial charge in [0.2, 0.25) is 0 Å². The third-order valence-corrected chi connectivity index (χ3v) is 4.10. The Kier molecular flexibility index (Phi) is 3.37. The molecular weight excluding hydrogens is 220 g/mol. The van der Waals surface area contributed by atoms with E-state index >= 15 is 0 Å². The molecule has 2 heterocycles. The molecular formula is C16H22N2. The number of fused-ring (bicyclic) bond motifs is 1. The lowest BCUT2D eigenvalue weighted by Gasteiger charge is -2.14. The van der Waals surface area contributed by atoms with E-state index < -0.39 is 0 Å². The highest BCUT2D eigenvalue weighted by molar-refractivity contribution is 5.83. The third-order valence-electron chi connectivity index (χ3n) is 4.10. The Morgan fingerprint density at radius 1 is 1.06 bits per heavy atom. The summed E-state index contributed by atoms with van der Waals surface area (Å²) in [5.41, 5.74) is 2.77. The van der Waals surface area contributed by atoms with E-state index in [2.05, 4.69) is 46.9 Å². The van der Waals surface area contributed by atoms with Gasteiger partial charge in [-0.25, -0.2) is 0 Å². The second-order valence-corrected chi connectivity index (χ2v) is 5.42. The molecule has 1 fully saturated rings. The first kappa shape index (κ1) is 11.8. The molecule has 2 nitrogen and oxygen atoms in total. The number of likely N-dealkylation sites (tertiary alicyclic amines) is 1. The van der Waals surface area contributed by atoms with E-state index in [-0.39, 0.29) is 0 Å². The van der Waals surface area contributed by atoms with Crippen molar-refractivity contribution in [2.24, 2.45) is 0 Å². The van der Waals surface area contributed by atoms with Gasteiger partial charge in [-0.1, -0.05) is 12.1 Å². The number of aryl methyl sites for hydroxylation is 2. The van der Waals surface area contributed by atoms with Crippen molar-refractivity contribution < 1.29 is 0 Å². The summed E-state index contributed by atoms with van der Waals surface area (Å²) in [6.07, 6.45) is 6.29. The van der Waals surface area contributed by atoms with Crippen molar-refractivity contribution in [1.82, 2.24) is 9.47 Å². The molecule has 0 amide bonds. The maximum absolute atomic E-state index is 2.59. The Morgan fingerprint density at radius 3 is 2.72 bits per heavy atom. The Balaban J connectivity index is 1.65. The van der Waals surface area contributed by atoms with Crippen LogP contribution in [0.5, 0.6) is 0 Å². The summed E-state index contributed by atoms with van der Waals surface area (Å²) in [6.45, 7) is 7.21. The van der Waals surface area contributed by atoms with E-state index in [1.807, 2.05) is 0 Å². The second kappa shape index (κ2) is 5.15. The highest BCUT2D eigenvalue weighted by Gasteiger charge is 2.10. The van der Waals surface area contributed by atoms with Crippen LogP contribution < -0.4 is 0 Å². The molecule has 0 radical (unpaired) electrons. The van der Waals surface area contributed by atoms with Gasteiger partial charge in [-0.3, -0.25) is 0 Å². The predicted octanol–water partition coefficient (Wildman–Crippen LogP) is 3.44. The minimum Gasteiger partial charge on any atom is -0.347 e. The third kappa shape index (κ3) is 2.30. The average molecular weight is 242 g/mol. The molecule has 0 bridgehead atoms. The maximum Gasteiger partial charge on any atom is 0.0482 e. The summed E-state index contributed by atoms with van der Waals surface area (Å²) in [5.74, 6) is 0. The lowest BCUT2D eigenvalue weighted by atomic mass is 10.1. The van der Waals surface area contributed by atoms with Gasteiger partial charge >= 0.3 is 0 Å². The van der Waals surface area contributed by atoms with Crippen LogP contribution in [-0.2, 0) is 6.54 Å². The molecule has 0 spiro atoms. The van der Waals surface area contributed by atoms with Gasteiger partial charge in [-0.05, 0) is 63.5 Å². The molecule has 0 saturated carbocycles. The molecule has 96 valence electrons. The quantitative estimate of drug-likeness (QED) is 0.797. The highest BCUT2D eigenvalue weighted by Crippen LogP contribution is 2.20. The topological polar surface area (TPSA) is 8.17 Å². The highest BCUT2D eigenvalue weighted by atomic mass is 15.1. The molecule has 1 saturated heterocycles. The fourth-order valence-electron chi connectivity index (χ4n) is 3.04. The molecule has 1 aliphatic rings. The molecule has 0 atom stereocenters. The standard InChI is InChI=1S/C16H22N2/c1-14-6-4-7-16-15(14)8-13-18(16)12-5-11-17-9-2-3-10-17/h4,6-8,13H,2-3,5,9-12H2,1H3. The van der Waals surface area contributed by atoms with Crippen LogP contribution in [0.1, 0.15) is 24.8 Å². The molecule has 1 aliphatic heterocycles. The van der Waals surface area contributed by atoms with E-state index in [1.54, 1.807) is 0 Å². The van der Waals surface area contributed by atoms with Gasteiger partial charge in [0.1, 0.15) is 0 Å². The van der Waals surface area contributed by atoms with E-state index in [0.29, 0.717) is 0 Å². The lowest BCUT2D eigenvalue weighted by molar-refractivity contribution is 0.326. The first-order valence-electron chi connectivity index (χ1n) is 7.11. The summed E-state index contributed by atoms with van der Waals surface area (Å²) in [5, 5.41) is 1.40. The Bertz CT molecular complexity index is 521. The first-order valence-corrected chi connectivity index (χ1v) is 7.11. The molecule has 0 unspecified atom stereocenters. The zero-order valence-electron chi connectivity index (χ0n) is 11.2. The van der Waals surface area contributed by atoms with Crippen LogP contribution >= 0.6 is 0 Å². The maximum atomic E-state index is 2.59. The van der Waals surface area contributed by atoms with Crippen LogP contribution in [0.25, 0.3) is 10.9 Å². The largest absolute Gasteiger partial charge is 0.347 e. The van der Waals surface area contributed by atoms with E-state index in [4.69, 9.17) is 0 Å². The molecule has 0 N–H and O–H groups in total. The lowest BCUT2D eigenvalue weighted by Crippen LogP contribution is -2.21. The molecule has 2 heteroatoms. The van der Waals surface area contributed by atoms with E-state index in [9.17, 15) is 0 Å². The van der Waals surface area contributed by atoms with Gasteiger partial charge in [0, 0.05) is 23.6 Å². The number of nitrogens with zero attached hydrogens (tertiary/aromatic N) is 2. The van der Waals surface area contributed by atoms with Crippen molar-refractivity contribution in [3.05, 3.63) is 36.0 Å². The van der Waals surface area contributed by atoms with Gasteiger partial charge in [-0.15, -0.1) is 0 Å². The van der Waals surface area contributed by atoms with Gasteiger partial charge in [0.25, 0.3) is 0 Å². The van der Waals surface area contributed by atoms with Crippen LogP contribution in [0.4, 0.5) is 0 Å². The summed E-state index contributed by atoms with van der Waals surface area (Å²) >= 11 is 0. The predicted molar refractivity (Wildman–Crippen MR) is 77.0 cm³/mol. The number of rotatable bonds is 4. The van der Waals surface area contributed by atoms with Crippen LogP contribution in [0, 0.1) is 6.92 Å². The van der Waals surface area contributed by atoms with Crippen molar-refractivity contribution in [3.63, 3.8) is 0 Å². The van der Waals surface area contributed by atoms with Crippen LogP contribution in [0.2, 0.25) is 0 Å². The minimum absolute atomic E-state index is 1.14. The SMILES string of the molecule is Cc1cccc2c1ccn2CCCN1CCCC1. The summed E-state index contributed by atoms with van der Waals surface area (Å²) < 4.78 is 2.40. The second-order valence-electron chi connectivity index (χ2n) is 5.42. The molecule has 1 aromatic carbocycles. The van der Waals surface area contributed by atoms with Gasteiger partial charge < -0.3 is 9.47 Å². The van der Waals surface area contributed by atoms with Crippen molar-refractivity contribution >= 4 is 10.9 Å². The van der Waals surface area contributed by atoms with Crippen molar-refractivity contribution in [3.8, 4) is 0 Å². The van der Waals surface area contributed by atoms with Crippen molar-refractivity contribution in [2.45, 2.75) is 32.7 Å². The molecule has 0 aliphatic carbocycles. The van der Waals surface area contributed by atoms with Crippen LogP contribution in [0.3, 0.4) is 0 Å². The van der Waals surface area contributed by atoms with Gasteiger partial charge in [0.05, 0.1) is 0 Å². The zero-order chi connectivity index (χ0) is 12.4. The number of aromatic nitrogens is 1. The number of benzene rings is 1. The summed E-state index contributed by atoms with van der Waals surface area (Å²) in [4.78, 5) is 2.59. The summed E-state index contributed by atoms with van der Waals surface area (Å²) in [6, 6.07) is 8.84. The Morgan fingerprint density at radius 2 is 1.89 bits per heavy atom. The van der Waals surface area contributed by atoms with E-state index in [1.165, 1.54) is 55.4 Å². The molecule has 3 rings (SSSR count). The zero-order valence-corrected chi connectivity index (χ0v) is 11.2. The smallest absolute Gasteiger partial charge is 0.0482 e. The van der Waals surface area contributed by atoms with Crippen molar-refractivity contribution in [1.29, 1.82) is 0 Å². The fourth-order valence-corrected chi connectivity index (χ4v) is 3.04. The van der Waals surface area contributed by atoms with Crippen LogP contribution in [-0.4, -0.2) is 29.1 Å². The van der Waals surface area contributed by atoms with Crippen molar-refractivity contribution in [2.75, 3.05) is 19.6 Å². The Hall–Kier alpha value is -1.28. The van der Waals surface area contributed by atoms with Gasteiger partial charge in [-0.2, -0.15) is 0 Å². The molecule has 1 aromatic heterocycles. The van der Waals surface area contributed by atoms with Crippen LogP contribution in [0.15, 0.2) is 30.5 Å². The first-order chi connectivity index (χ1) is 8.84. The number of hydrogen-bond acceptors (Lipinski definition) is 1. The summed E-state index contributed by atoms with van der Waals surface area (Å²) in [7, 11) is 0. The van der Waals surface area contributed by atoms with Gasteiger partial charge in [0.15, 0.2) is 0 Å². The normalized spacial score (nSPS) is 16.7.